The molecule has 3 nitrogen and oxygen atoms in total. The van der Waals surface area contributed by atoms with Crippen LogP contribution >= 0.6 is 11.6 Å². The largest absolute Gasteiger partial charge is 0.398 e. The number of nitrogens with one attached hydrogen (secondary N) is 1. The van der Waals surface area contributed by atoms with Gasteiger partial charge in [0, 0.05) is 18.8 Å². The van der Waals surface area contributed by atoms with Gasteiger partial charge in [0.1, 0.15) is 0 Å². The number of aryl methyl sites for hydroxylation is 1. The molecule has 15 heavy (non-hydrogen) atoms. The predicted octanol–water partition coefficient (Wildman–Crippen LogP) is 2.68. The average molecular weight is 229 g/mol. The van der Waals surface area contributed by atoms with Crippen molar-refractivity contribution in [2.45, 2.75) is 19.9 Å². The molecule has 1 atom stereocenters. The molecule has 1 aromatic carbocycles. The third-order valence-corrected chi connectivity index (χ3v) is 2.49. The Morgan fingerprint density at radius 1 is 1.53 bits per heavy atom. The van der Waals surface area contributed by atoms with Crippen LogP contribution < -0.4 is 11.1 Å². The van der Waals surface area contributed by atoms with Crippen molar-refractivity contribution in [1.82, 2.24) is 0 Å². The second kappa shape index (κ2) is 5.24. The van der Waals surface area contributed by atoms with Gasteiger partial charge < -0.3 is 15.8 Å². The van der Waals surface area contributed by atoms with E-state index in [1.807, 2.05) is 26.0 Å². The van der Waals surface area contributed by atoms with Crippen LogP contribution in [0.25, 0.3) is 0 Å². The molecule has 0 aromatic heterocycles. The lowest BCUT2D eigenvalue weighted by Gasteiger charge is -2.17. The quantitative estimate of drug-likeness (QED) is 0.779. The van der Waals surface area contributed by atoms with E-state index in [9.17, 15) is 0 Å². The molecular weight excluding hydrogens is 212 g/mol. The lowest BCUT2D eigenvalue weighted by molar-refractivity contribution is 0.190. The SMILES string of the molecule is COCC(C)Nc1cc(Cl)c(N)cc1C. The van der Waals surface area contributed by atoms with Gasteiger partial charge in [-0.2, -0.15) is 0 Å². The summed E-state index contributed by atoms with van der Waals surface area (Å²) in [6.45, 7) is 4.70. The van der Waals surface area contributed by atoms with Crippen LogP contribution in [0.3, 0.4) is 0 Å². The van der Waals surface area contributed by atoms with E-state index in [1.165, 1.54) is 0 Å². The molecule has 84 valence electrons. The van der Waals surface area contributed by atoms with E-state index in [1.54, 1.807) is 7.11 Å². The number of hydrogen-bond donors (Lipinski definition) is 2. The van der Waals surface area contributed by atoms with Crippen LogP contribution in [0.4, 0.5) is 11.4 Å². The summed E-state index contributed by atoms with van der Waals surface area (Å²) in [5.41, 5.74) is 8.39. The predicted molar refractivity (Wildman–Crippen MR) is 65.6 cm³/mol. The smallest absolute Gasteiger partial charge is 0.0661 e. The first kappa shape index (κ1) is 12.1. The third kappa shape index (κ3) is 3.29. The normalized spacial score (nSPS) is 12.5. The Hall–Kier alpha value is -0.930. The highest BCUT2D eigenvalue weighted by Crippen LogP contribution is 2.27. The van der Waals surface area contributed by atoms with Crippen LogP contribution in [-0.2, 0) is 4.74 Å². The Kier molecular flexibility index (Phi) is 4.24. The van der Waals surface area contributed by atoms with Gasteiger partial charge in [0.25, 0.3) is 0 Å². The van der Waals surface area contributed by atoms with Crippen LogP contribution in [0, 0.1) is 6.92 Å². The molecular formula is C11H17ClN2O. The minimum absolute atomic E-state index is 0.244. The number of hydrogen-bond acceptors (Lipinski definition) is 3. The van der Waals surface area contributed by atoms with Gasteiger partial charge >= 0.3 is 0 Å². The molecule has 0 saturated heterocycles. The Bertz CT molecular complexity index is 342. The lowest BCUT2D eigenvalue weighted by atomic mass is 10.1. The minimum Gasteiger partial charge on any atom is -0.398 e. The number of nitrogens with two attached hydrogens (primary N) is 1. The van der Waals surface area contributed by atoms with E-state index in [0.717, 1.165) is 11.3 Å². The van der Waals surface area contributed by atoms with Crippen LogP contribution in [0.5, 0.6) is 0 Å². The van der Waals surface area contributed by atoms with Crippen molar-refractivity contribution in [3.05, 3.63) is 22.7 Å². The van der Waals surface area contributed by atoms with Crippen molar-refractivity contribution in [3.63, 3.8) is 0 Å². The first-order valence-electron chi connectivity index (χ1n) is 4.85. The van der Waals surface area contributed by atoms with Crippen molar-refractivity contribution < 1.29 is 4.74 Å². The molecule has 0 fully saturated rings. The van der Waals surface area contributed by atoms with E-state index in [-0.39, 0.29) is 6.04 Å². The maximum Gasteiger partial charge on any atom is 0.0661 e. The summed E-state index contributed by atoms with van der Waals surface area (Å²) in [7, 11) is 1.68. The number of benzene rings is 1. The Morgan fingerprint density at radius 2 is 2.20 bits per heavy atom. The van der Waals surface area contributed by atoms with Crippen molar-refractivity contribution >= 4 is 23.0 Å². The maximum atomic E-state index is 5.95. The molecule has 0 aliphatic heterocycles. The van der Waals surface area contributed by atoms with Crippen molar-refractivity contribution in [2.24, 2.45) is 0 Å². The monoisotopic (exact) mass is 228 g/mol. The lowest BCUT2D eigenvalue weighted by Crippen LogP contribution is -2.21. The summed E-state index contributed by atoms with van der Waals surface area (Å²) in [6, 6.07) is 3.95. The van der Waals surface area contributed by atoms with Crippen LogP contribution in [0.2, 0.25) is 5.02 Å². The van der Waals surface area contributed by atoms with Crippen molar-refractivity contribution in [1.29, 1.82) is 0 Å². The van der Waals surface area contributed by atoms with Gasteiger partial charge in [-0.25, -0.2) is 0 Å². The summed E-state index contributed by atoms with van der Waals surface area (Å²) in [6.07, 6.45) is 0. The topological polar surface area (TPSA) is 47.3 Å². The zero-order chi connectivity index (χ0) is 11.4. The van der Waals surface area contributed by atoms with Crippen LogP contribution in [-0.4, -0.2) is 19.8 Å². The first-order valence-corrected chi connectivity index (χ1v) is 5.23. The number of methoxy groups -OCH3 is 1. The van der Waals surface area contributed by atoms with Gasteiger partial charge in [-0.1, -0.05) is 11.6 Å². The summed E-state index contributed by atoms with van der Waals surface area (Å²) < 4.78 is 5.05. The Balaban J connectivity index is 2.81. The molecule has 1 rings (SSSR count). The molecule has 0 saturated carbocycles. The van der Waals surface area contributed by atoms with Crippen LogP contribution in [0.1, 0.15) is 12.5 Å². The fourth-order valence-electron chi connectivity index (χ4n) is 1.42. The Labute approximate surface area is 95.6 Å². The highest BCUT2D eigenvalue weighted by atomic mass is 35.5. The molecule has 0 radical (unpaired) electrons. The number of ether oxygens (including phenoxy) is 1. The summed E-state index contributed by atoms with van der Waals surface area (Å²) in [5.74, 6) is 0. The standard InChI is InChI=1S/C11H17ClN2O/c1-7-4-10(13)9(12)5-11(7)14-8(2)6-15-3/h4-5,8,14H,6,13H2,1-3H3. The number of rotatable bonds is 4. The third-order valence-electron chi connectivity index (χ3n) is 2.16. The molecule has 0 amide bonds. The van der Waals surface area contributed by atoms with Crippen LogP contribution in [0.15, 0.2) is 12.1 Å². The zero-order valence-electron chi connectivity index (χ0n) is 9.30. The number of nitrogen functional groups attached to an aromatic ring is 1. The van der Waals surface area contributed by atoms with Crippen molar-refractivity contribution in [3.8, 4) is 0 Å². The molecule has 0 heterocycles. The average Bonchev–Trinajstić information content (AvgIpc) is 2.14. The fourth-order valence-corrected chi connectivity index (χ4v) is 1.58. The van der Waals surface area contributed by atoms with Gasteiger partial charge in [0.2, 0.25) is 0 Å². The minimum atomic E-state index is 0.244. The Morgan fingerprint density at radius 3 is 2.80 bits per heavy atom. The summed E-state index contributed by atoms with van der Waals surface area (Å²) >= 11 is 5.95. The van der Waals surface area contributed by atoms with Gasteiger partial charge in [-0.3, -0.25) is 0 Å². The molecule has 0 spiro atoms. The van der Waals surface area contributed by atoms with E-state index < -0.39 is 0 Å². The number of anilines is 2. The second-order valence-electron chi connectivity index (χ2n) is 3.69. The molecule has 4 heteroatoms. The first-order chi connectivity index (χ1) is 7.04. The van der Waals surface area contributed by atoms with Gasteiger partial charge in [0.15, 0.2) is 0 Å². The number of halogens is 1. The summed E-state index contributed by atoms with van der Waals surface area (Å²) in [4.78, 5) is 0. The van der Waals surface area contributed by atoms with Gasteiger partial charge in [-0.05, 0) is 31.5 Å². The molecule has 0 aliphatic carbocycles. The van der Waals surface area contributed by atoms with E-state index in [4.69, 9.17) is 22.1 Å². The molecule has 3 N–H and O–H groups in total. The van der Waals surface area contributed by atoms with Gasteiger partial charge in [-0.15, -0.1) is 0 Å². The highest BCUT2D eigenvalue weighted by molar-refractivity contribution is 6.33. The van der Waals surface area contributed by atoms with E-state index >= 15 is 0 Å². The van der Waals surface area contributed by atoms with Gasteiger partial charge in [0.05, 0.1) is 17.3 Å². The molecule has 0 aliphatic rings. The van der Waals surface area contributed by atoms with Crippen molar-refractivity contribution in [2.75, 3.05) is 24.8 Å². The second-order valence-corrected chi connectivity index (χ2v) is 4.10. The molecule has 0 bridgehead atoms. The van der Waals surface area contributed by atoms with E-state index in [0.29, 0.717) is 17.3 Å². The molecule has 1 unspecified atom stereocenters. The fraction of sp³-hybridized carbons (Fsp3) is 0.455. The molecule has 1 aromatic rings. The zero-order valence-corrected chi connectivity index (χ0v) is 10.1. The summed E-state index contributed by atoms with van der Waals surface area (Å²) in [5, 5.41) is 3.89. The highest BCUT2D eigenvalue weighted by Gasteiger charge is 2.06. The van der Waals surface area contributed by atoms with E-state index in [2.05, 4.69) is 5.32 Å². The maximum absolute atomic E-state index is 5.95.